The molecule has 4 amide bonds. The molecular weight excluding hydrogens is 414 g/mol. The smallest absolute Gasteiger partial charge is 0.323 e. The van der Waals surface area contributed by atoms with Crippen molar-refractivity contribution in [3.05, 3.63) is 35.4 Å². The van der Waals surface area contributed by atoms with Crippen molar-refractivity contribution in [2.45, 2.75) is 45.7 Å². The number of fused-ring (bicyclic) bond motifs is 1. The molecule has 0 radical (unpaired) electrons. The number of imide groups is 2. The van der Waals surface area contributed by atoms with Crippen LogP contribution >= 0.6 is 0 Å². The van der Waals surface area contributed by atoms with Gasteiger partial charge in [-0.1, -0.05) is 32.9 Å². The highest BCUT2D eigenvalue weighted by atomic mass is 16.5. The predicted octanol–water partition coefficient (Wildman–Crippen LogP) is 1.32. The molecule has 0 N–H and O–H groups in total. The van der Waals surface area contributed by atoms with Gasteiger partial charge in [0.15, 0.2) is 0 Å². The van der Waals surface area contributed by atoms with E-state index >= 15 is 0 Å². The third-order valence-electron chi connectivity index (χ3n) is 6.28. The number of likely N-dealkylation sites (tertiary alicyclic amines) is 1. The predicted molar refractivity (Wildman–Crippen MR) is 115 cm³/mol. The summed E-state index contributed by atoms with van der Waals surface area (Å²) < 4.78 is 4.96. The Morgan fingerprint density at radius 3 is 2.16 bits per heavy atom. The van der Waals surface area contributed by atoms with E-state index in [0.717, 1.165) is 9.80 Å². The monoisotopic (exact) mass is 443 g/mol. The Balaban J connectivity index is 1.83. The quantitative estimate of drug-likeness (QED) is 0.441. The van der Waals surface area contributed by atoms with Crippen LogP contribution < -0.4 is 0 Å². The molecule has 9 nitrogen and oxygen atoms in total. The van der Waals surface area contributed by atoms with E-state index in [2.05, 4.69) is 0 Å². The second-order valence-corrected chi connectivity index (χ2v) is 8.09. The van der Waals surface area contributed by atoms with Crippen molar-refractivity contribution in [3.8, 4) is 0 Å². The topological polar surface area (TPSA) is 104 Å². The van der Waals surface area contributed by atoms with Gasteiger partial charge in [-0.05, 0) is 31.6 Å². The lowest BCUT2D eigenvalue weighted by Crippen LogP contribution is -2.58. The van der Waals surface area contributed by atoms with E-state index in [1.807, 2.05) is 18.7 Å². The lowest BCUT2D eigenvalue weighted by atomic mass is 9.96. The van der Waals surface area contributed by atoms with Crippen LogP contribution in [0.3, 0.4) is 0 Å². The minimum absolute atomic E-state index is 0.00635. The van der Waals surface area contributed by atoms with Crippen molar-refractivity contribution in [2.75, 3.05) is 26.7 Å². The van der Waals surface area contributed by atoms with Gasteiger partial charge in [-0.25, -0.2) is 0 Å². The zero-order valence-corrected chi connectivity index (χ0v) is 18.9. The number of benzene rings is 1. The number of ether oxygens (including phenoxy) is 1. The first-order chi connectivity index (χ1) is 15.3. The van der Waals surface area contributed by atoms with Crippen molar-refractivity contribution in [3.63, 3.8) is 0 Å². The highest BCUT2D eigenvalue weighted by Gasteiger charge is 2.47. The van der Waals surface area contributed by atoms with Crippen LogP contribution in [-0.2, 0) is 19.1 Å². The lowest BCUT2D eigenvalue weighted by Gasteiger charge is -2.38. The van der Waals surface area contributed by atoms with Crippen LogP contribution in [0.1, 0.15) is 54.3 Å². The largest absolute Gasteiger partial charge is 0.468 e. The van der Waals surface area contributed by atoms with Crippen LogP contribution in [-0.4, -0.2) is 83.1 Å². The average Bonchev–Trinajstić information content (AvgIpc) is 3.04. The van der Waals surface area contributed by atoms with Crippen molar-refractivity contribution >= 4 is 29.6 Å². The van der Waals surface area contributed by atoms with Crippen LogP contribution in [0, 0.1) is 5.92 Å². The zero-order chi connectivity index (χ0) is 23.6. The van der Waals surface area contributed by atoms with Crippen LogP contribution in [0.5, 0.6) is 0 Å². The highest BCUT2D eigenvalue weighted by Crippen LogP contribution is 2.29. The molecule has 3 atom stereocenters. The summed E-state index contributed by atoms with van der Waals surface area (Å²) in [6.07, 6.45) is 0.120. The van der Waals surface area contributed by atoms with Gasteiger partial charge in [0.05, 0.1) is 18.2 Å². The maximum Gasteiger partial charge on any atom is 0.323 e. The molecule has 2 aliphatic heterocycles. The molecule has 2 heterocycles. The van der Waals surface area contributed by atoms with Gasteiger partial charge >= 0.3 is 5.97 Å². The van der Waals surface area contributed by atoms with Crippen molar-refractivity contribution in [2.24, 2.45) is 5.92 Å². The molecule has 1 aromatic rings. The summed E-state index contributed by atoms with van der Waals surface area (Å²) in [4.78, 5) is 68.1. The number of methoxy groups -OCH3 is 1. The molecule has 9 heteroatoms. The lowest BCUT2D eigenvalue weighted by molar-refractivity contribution is -0.156. The first-order valence-electron chi connectivity index (χ1n) is 10.9. The van der Waals surface area contributed by atoms with E-state index in [0.29, 0.717) is 13.1 Å². The first-order valence-corrected chi connectivity index (χ1v) is 10.9. The fraction of sp³-hybridized carbons (Fsp3) is 0.522. The van der Waals surface area contributed by atoms with E-state index in [4.69, 9.17) is 4.74 Å². The number of carbonyl (C=O) groups is 5. The molecule has 1 saturated heterocycles. The third kappa shape index (κ3) is 4.04. The summed E-state index contributed by atoms with van der Waals surface area (Å²) in [5.41, 5.74) is 0.517. The van der Waals surface area contributed by atoms with Gasteiger partial charge in [0.2, 0.25) is 5.91 Å². The summed E-state index contributed by atoms with van der Waals surface area (Å²) in [6, 6.07) is 4.76. The number of piperidine rings is 1. The van der Waals surface area contributed by atoms with Gasteiger partial charge in [-0.3, -0.25) is 38.7 Å². The van der Waals surface area contributed by atoms with Crippen molar-refractivity contribution in [1.82, 2.24) is 14.7 Å². The second kappa shape index (κ2) is 9.60. The van der Waals surface area contributed by atoms with Crippen molar-refractivity contribution in [1.29, 1.82) is 0 Å². The third-order valence-corrected chi connectivity index (χ3v) is 6.28. The molecular formula is C23H29N3O6. The summed E-state index contributed by atoms with van der Waals surface area (Å²) >= 11 is 0. The van der Waals surface area contributed by atoms with Gasteiger partial charge in [0.1, 0.15) is 12.1 Å². The van der Waals surface area contributed by atoms with E-state index in [-0.39, 0.29) is 36.4 Å². The number of nitrogens with zero attached hydrogens (tertiary/aromatic N) is 3. The Morgan fingerprint density at radius 1 is 1.09 bits per heavy atom. The number of rotatable bonds is 8. The second-order valence-electron chi connectivity index (χ2n) is 8.09. The maximum absolute atomic E-state index is 13.3. The molecule has 0 bridgehead atoms. The van der Waals surface area contributed by atoms with Crippen LogP contribution in [0.15, 0.2) is 24.3 Å². The summed E-state index contributed by atoms with van der Waals surface area (Å²) in [6.45, 7) is 6.81. The Hall–Kier alpha value is -3.07. The van der Waals surface area contributed by atoms with Crippen molar-refractivity contribution < 1.29 is 28.7 Å². The highest BCUT2D eigenvalue weighted by molar-refractivity contribution is 6.23. The minimum atomic E-state index is -1.04. The molecule has 2 unspecified atom stereocenters. The fourth-order valence-corrected chi connectivity index (χ4v) is 4.61. The first kappa shape index (κ1) is 23.6. The van der Waals surface area contributed by atoms with Gasteiger partial charge in [0.25, 0.3) is 17.7 Å². The van der Waals surface area contributed by atoms with Crippen LogP contribution in [0.25, 0.3) is 0 Å². The number of esters is 1. The normalized spacial score (nSPS) is 20.6. The standard InChI is InChI=1S/C23H29N3O6/c1-5-24(6-2)19(23(31)32-4)14(3)13-25-18(27)12-11-17(22(25)30)26-20(28)15-9-7-8-10-16(15)21(26)29/h7-10,14,17,19H,5-6,11-13H2,1-4H3/t14?,17?,19-/m0/s1. The van der Waals surface area contributed by atoms with Gasteiger partial charge in [-0.2, -0.15) is 0 Å². The summed E-state index contributed by atoms with van der Waals surface area (Å²) in [5.74, 6) is -2.86. The molecule has 172 valence electrons. The van der Waals surface area contributed by atoms with E-state index in [1.165, 1.54) is 7.11 Å². The number of likely N-dealkylation sites (N-methyl/N-ethyl adjacent to an activating group) is 1. The summed E-state index contributed by atoms with van der Waals surface area (Å²) in [5, 5.41) is 0. The molecule has 3 rings (SSSR count). The van der Waals surface area contributed by atoms with Crippen LogP contribution in [0.4, 0.5) is 0 Å². The molecule has 32 heavy (non-hydrogen) atoms. The Labute approximate surface area is 187 Å². The Kier molecular flexibility index (Phi) is 7.08. The van der Waals surface area contributed by atoms with Gasteiger partial charge in [0, 0.05) is 18.9 Å². The van der Waals surface area contributed by atoms with E-state index < -0.39 is 41.7 Å². The van der Waals surface area contributed by atoms with Crippen LogP contribution in [0.2, 0.25) is 0 Å². The maximum atomic E-state index is 13.3. The molecule has 2 aliphatic rings. The van der Waals surface area contributed by atoms with Gasteiger partial charge in [-0.15, -0.1) is 0 Å². The zero-order valence-electron chi connectivity index (χ0n) is 18.9. The molecule has 1 fully saturated rings. The number of carbonyl (C=O) groups excluding carboxylic acids is 5. The molecule has 0 aliphatic carbocycles. The Bertz CT molecular complexity index is 906. The van der Waals surface area contributed by atoms with E-state index in [9.17, 15) is 24.0 Å². The average molecular weight is 444 g/mol. The minimum Gasteiger partial charge on any atom is -0.468 e. The van der Waals surface area contributed by atoms with Gasteiger partial charge < -0.3 is 4.74 Å². The number of hydrogen-bond acceptors (Lipinski definition) is 7. The fourth-order valence-electron chi connectivity index (χ4n) is 4.61. The SMILES string of the molecule is CCN(CC)[C@H](C(=O)OC)C(C)CN1C(=O)CCC(N2C(=O)c3ccccc3C2=O)C1=O. The number of amides is 4. The molecule has 0 spiro atoms. The number of hydrogen-bond donors (Lipinski definition) is 0. The Morgan fingerprint density at radius 2 is 1.66 bits per heavy atom. The molecule has 0 aromatic heterocycles. The molecule has 0 saturated carbocycles. The molecule has 1 aromatic carbocycles. The van der Waals surface area contributed by atoms with E-state index in [1.54, 1.807) is 31.2 Å². The summed E-state index contributed by atoms with van der Waals surface area (Å²) in [7, 11) is 1.31.